The molecule has 0 aliphatic heterocycles. The first-order valence-electron chi connectivity index (χ1n) is 5.82. The normalized spacial score (nSPS) is 10.3. The van der Waals surface area contributed by atoms with E-state index in [2.05, 4.69) is 0 Å². The monoisotopic (exact) mass is 259 g/mol. The fourth-order valence-corrected chi connectivity index (χ4v) is 1.72. The van der Waals surface area contributed by atoms with E-state index in [0.29, 0.717) is 17.0 Å². The van der Waals surface area contributed by atoms with Crippen molar-refractivity contribution in [2.75, 3.05) is 5.73 Å². The second-order valence-corrected chi connectivity index (χ2v) is 4.34. The second kappa shape index (κ2) is 5.10. The molecule has 0 atom stereocenters. The Balaban J connectivity index is 2.36. The minimum absolute atomic E-state index is 0.124. The van der Waals surface area contributed by atoms with E-state index in [-0.39, 0.29) is 11.5 Å². The summed E-state index contributed by atoms with van der Waals surface area (Å²) in [6, 6.07) is 9.28. The van der Waals surface area contributed by atoms with E-state index < -0.39 is 5.82 Å². The van der Waals surface area contributed by atoms with Crippen molar-refractivity contribution in [3.8, 4) is 11.5 Å². The lowest BCUT2D eigenvalue weighted by molar-refractivity contribution is 0.101. The molecule has 0 aromatic heterocycles. The summed E-state index contributed by atoms with van der Waals surface area (Å²) in [7, 11) is 0. The predicted octanol–water partition coefficient (Wildman–Crippen LogP) is 3.71. The minimum atomic E-state index is -0.452. The van der Waals surface area contributed by atoms with Gasteiger partial charge in [0.05, 0.1) is 0 Å². The fraction of sp³-hybridized carbons (Fsp3) is 0.133. The van der Waals surface area contributed by atoms with Crippen LogP contribution in [-0.4, -0.2) is 5.78 Å². The molecule has 0 unspecified atom stereocenters. The Kier molecular flexibility index (Phi) is 3.51. The number of carbonyl (C=O) groups is 1. The number of anilines is 1. The van der Waals surface area contributed by atoms with Gasteiger partial charge in [-0.15, -0.1) is 0 Å². The number of nitrogen functional groups attached to an aromatic ring is 1. The van der Waals surface area contributed by atoms with Crippen LogP contribution in [0, 0.1) is 12.7 Å². The number of carbonyl (C=O) groups excluding carboxylic acids is 1. The third-order valence-corrected chi connectivity index (χ3v) is 2.72. The molecule has 2 aromatic carbocycles. The van der Waals surface area contributed by atoms with Gasteiger partial charge in [0.15, 0.2) is 17.3 Å². The quantitative estimate of drug-likeness (QED) is 0.675. The molecule has 2 rings (SSSR count). The highest BCUT2D eigenvalue weighted by atomic mass is 19.1. The van der Waals surface area contributed by atoms with Gasteiger partial charge in [0.1, 0.15) is 5.75 Å². The Bertz CT molecular complexity index is 638. The molecule has 2 aromatic rings. The number of Topliss-reactive ketones (excluding diaryl/α,β-unsaturated/α-hetero) is 1. The molecular formula is C15H14FNO2. The number of nitrogens with two attached hydrogens (primary N) is 1. The average Bonchev–Trinajstić information content (AvgIpc) is 2.36. The summed E-state index contributed by atoms with van der Waals surface area (Å²) in [4.78, 5) is 11.4. The first-order chi connectivity index (χ1) is 8.97. The number of ether oxygens (including phenoxy) is 1. The van der Waals surface area contributed by atoms with Crippen molar-refractivity contribution >= 4 is 11.5 Å². The van der Waals surface area contributed by atoms with Crippen molar-refractivity contribution in [3.05, 3.63) is 53.3 Å². The van der Waals surface area contributed by atoms with Gasteiger partial charge in [-0.25, -0.2) is 4.39 Å². The van der Waals surface area contributed by atoms with Gasteiger partial charge in [-0.1, -0.05) is 6.07 Å². The number of ketones is 1. The zero-order chi connectivity index (χ0) is 14.0. The van der Waals surface area contributed by atoms with Gasteiger partial charge in [0.2, 0.25) is 0 Å². The van der Waals surface area contributed by atoms with E-state index in [1.54, 1.807) is 24.3 Å². The fourth-order valence-electron chi connectivity index (χ4n) is 1.72. The number of halogens is 1. The molecule has 0 radical (unpaired) electrons. The molecule has 4 heteroatoms. The smallest absolute Gasteiger partial charge is 0.165 e. The SMILES string of the molecule is CC(=O)c1cc(Oc2cc(C)ccc2F)ccc1N. The van der Waals surface area contributed by atoms with Gasteiger partial charge in [-0.05, 0) is 49.7 Å². The molecule has 98 valence electrons. The Morgan fingerprint density at radius 1 is 1.21 bits per heavy atom. The van der Waals surface area contributed by atoms with E-state index in [1.165, 1.54) is 19.1 Å². The Morgan fingerprint density at radius 2 is 1.95 bits per heavy atom. The summed E-state index contributed by atoms with van der Waals surface area (Å²) in [6.45, 7) is 3.26. The molecule has 0 fully saturated rings. The highest BCUT2D eigenvalue weighted by Crippen LogP contribution is 2.28. The Labute approximate surface area is 110 Å². The van der Waals surface area contributed by atoms with Crippen molar-refractivity contribution in [1.29, 1.82) is 0 Å². The molecule has 0 heterocycles. The number of hydrogen-bond donors (Lipinski definition) is 1. The first-order valence-corrected chi connectivity index (χ1v) is 5.82. The van der Waals surface area contributed by atoms with E-state index in [1.807, 2.05) is 6.92 Å². The van der Waals surface area contributed by atoms with Crippen LogP contribution in [0.2, 0.25) is 0 Å². The van der Waals surface area contributed by atoms with Crippen LogP contribution in [0.5, 0.6) is 11.5 Å². The van der Waals surface area contributed by atoms with E-state index in [0.717, 1.165) is 5.56 Å². The molecule has 0 amide bonds. The maximum atomic E-state index is 13.6. The molecule has 0 bridgehead atoms. The predicted molar refractivity (Wildman–Crippen MR) is 72.1 cm³/mol. The topological polar surface area (TPSA) is 52.3 Å². The van der Waals surface area contributed by atoms with Crippen LogP contribution in [0.25, 0.3) is 0 Å². The van der Waals surface area contributed by atoms with Crippen LogP contribution in [-0.2, 0) is 0 Å². The lowest BCUT2D eigenvalue weighted by atomic mass is 10.1. The van der Waals surface area contributed by atoms with Crippen LogP contribution >= 0.6 is 0 Å². The molecule has 0 aliphatic rings. The number of rotatable bonds is 3. The molecule has 19 heavy (non-hydrogen) atoms. The molecule has 2 N–H and O–H groups in total. The minimum Gasteiger partial charge on any atom is -0.454 e. The standard InChI is InChI=1S/C15H14FNO2/c1-9-3-5-13(16)15(7-9)19-11-4-6-14(17)12(8-11)10(2)18/h3-8H,17H2,1-2H3. The summed E-state index contributed by atoms with van der Waals surface area (Å²) in [5.74, 6) is -0.109. The summed E-state index contributed by atoms with van der Waals surface area (Å²) < 4.78 is 19.0. The molecule has 3 nitrogen and oxygen atoms in total. The van der Waals surface area contributed by atoms with Gasteiger partial charge < -0.3 is 10.5 Å². The number of aryl methyl sites for hydroxylation is 1. The van der Waals surface area contributed by atoms with Crippen LogP contribution in [0.3, 0.4) is 0 Å². The molecule has 0 saturated carbocycles. The summed E-state index contributed by atoms with van der Waals surface area (Å²) >= 11 is 0. The molecule has 0 saturated heterocycles. The van der Waals surface area contributed by atoms with Crippen molar-refractivity contribution in [2.45, 2.75) is 13.8 Å². The lowest BCUT2D eigenvalue weighted by Crippen LogP contribution is -2.00. The highest BCUT2D eigenvalue weighted by Gasteiger charge is 2.09. The zero-order valence-electron chi connectivity index (χ0n) is 10.7. The van der Waals surface area contributed by atoms with Crippen molar-refractivity contribution in [1.82, 2.24) is 0 Å². The zero-order valence-corrected chi connectivity index (χ0v) is 10.7. The maximum absolute atomic E-state index is 13.6. The summed E-state index contributed by atoms with van der Waals surface area (Å²) in [5, 5.41) is 0. The van der Waals surface area contributed by atoms with Crippen LogP contribution < -0.4 is 10.5 Å². The Hall–Kier alpha value is -2.36. The summed E-state index contributed by atoms with van der Waals surface area (Å²) in [5.41, 5.74) is 7.32. The van der Waals surface area contributed by atoms with Gasteiger partial charge >= 0.3 is 0 Å². The largest absolute Gasteiger partial charge is 0.454 e. The number of benzene rings is 2. The average molecular weight is 259 g/mol. The van der Waals surface area contributed by atoms with Gasteiger partial charge in [0.25, 0.3) is 0 Å². The van der Waals surface area contributed by atoms with E-state index >= 15 is 0 Å². The summed E-state index contributed by atoms with van der Waals surface area (Å²) in [6.07, 6.45) is 0. The first kappa shape index (κ1) is 13.1. The van der Waals surface area contributed by atoms with E-state index in [4.69, 9.17) is 10.5 Å². The maximum Gasteiger partial charge on any atom is 0.165 e. The number of hydrogen-bond acceptors (Lipinski definition) is 3. The third kappa shape index (κ3) is 2.91. The Morgan fingerprint density at radius 3 is 2.63 bits per heavy atom. The van der Waals surface area contributed by atoms with Crippen LogP contribution in [0.15, 0.2) is 36.4 Å². The van der Waals surface area contributed by atoms with Crippen LogP contribution in [0.1, 0.15) is 22.8 Å². The van der Waals surface area contributed by atoms with Gasteiger partial charge in [0, 0.05) is 11.3 Å². The molecular weight excluding hydrogens is 245 g/mol. The molecule has 0 spiro atoms. The highest BCUT2D eigenvalue weighted by molar-refractivity contribution is 5.99. The third-order valence-electron chi connectivity index (χ3n) is 2.72. The van der Waals surface area contributed by atoms with Gasteiger partial charge in [-0.3, -0.25) is 4.79 Å². The van der Waals surface area contributed by atoms with Crippen molar-refractivity contribution in [3.63, 3.8) is 0 Å². The second-order valence-electron chi connectivity index (χ2n) is 4.34. The van der Waals surface area contributed by atoms with Crippen LogP contribution in [0.4, 0.5) is 10.1 Å². The lowest BCUT2D eigenvalue weighted by Gasteiger charge is -2.09. The van der Waals surface area contributed by atoms with Gasteiger partial charge in [-0.2, -0.15) is 0 Å². The van der Waals surface area contributed by atoms with Crippen molar-refractivity contribution < 1.29 is 13.9 Å². The molecule has 0 aliphatic carbocycles. The van der Waals surface area contributed by atoms with Crippen molar-refractivity contribution in [2.24, 2.45) is 0 Å². The van der Waals surface area contributed by atoms with E-state index in [9.17, 15) is 9.18 Å².